The highest BCUT2D eigenvalue weighted by Crippen LogP contribution is 2.25. The average Bonchev–Trinajstić information content (AvgIpc) is 3.53. The molecule has 1 aromatic heterocycles. The van der Waals surface area contributed by atoms with Crippen molar-refractivity contribution >= 4 is 57.3 Å². The number of likely N-dealkylation sites (N-methyl/N-ethyl adjacent to an activating group) is 1. The number of fused-ring (bicyclic) bond motifs is 2. The maximum Gasteiger partial charge on any atom is 0.261 e. The molecule has 4 rings (SSSR count). The second-order valence-corrected chi connectivity index (χ2v) is 12.9. The molecule has 2 aromatic carbocycles. The van der Waals surface area contributed by atoms with E-state index in [-0.39, 0.29) is 54.6 Å². The van der Waals surface area contributed by atoms with Gasteiger partial charge in [0.2, 0.25) is 17.7 Å². The van der Waals surface area contributed by atoms with E-state index in [9.17, 15) is 28.8 Å². The lowest BCUT2D eigenvalue weighted by Crippen LogP contribution is -2.55. The summed E-state index contributed by atoms with van der Waals surface area (Å²) in [5, 5.41) is 8.05. The number of benzene rings is 2. The van der Waals surface area contributed by atoms with Gasteiger partial charge in [0, 0.05) is 44.0 Å². The van der Waals surface area contributed by atoms with Gasteiger partial charge in [0.25, 0.3) is 11.8 Å². The highest BCUT2D eigenvalue weighted by molar-refractivity contribution is 8.14. The highest BCUT2D eigenvalue weighted by atomic mass is 32.2. The van der Waals surface area contributed by atoms with Crippen LogP contribution in [0.2, 0.25) is 0 Å². The Labute approximate surface area is 266 Å². The van der Waals surface area contributed by atoms with Crippen LogP contribution in [0, 0.1) is 5.92 Å². The minimum Gasteiger partial charge on any atom is -0.361 e. The normalized spacial score (nSPS) is 14.6. The molecular formula is C33H39N5O6S. The number of hydrogen-bond donors (Lipinski definition) is 4. The van der Waals surface area contributed by atoms with Gasteiger partial charge in [0.15, 0.2) is 5.12 Å². The second-order valence-electron chi connectivity index (χ2n) is 11.5. The van der Waals surface area contributed by atoms with Gasteiger partial charge in [0.05, 0.1) is 16.4 Å². The number of para-hydroxylation sites is 1. The smallest absolute Gasteiger partial charge is 0.261 e. The van der Waals surface area contributed by atoms with E-state index in [1.807, 2.05) is 44.3 Å². The van der Waals surface area contributed by atoms with Crippen LogP contribution in [0.4, 0.5) is 0 Å². The zero-order valence-corrected chi connectivity index (χ0v) is 26.7. The Bertz CT molecular complexity index is 1570. The molecule has 1 aliphatic heterocycles. The quantitative estimate of drug-likeness (QED) is 0.199. The number of aromatic nitrogens is 1. The number of nitrogens with zero attached hydrogens (tertiary/aromatic N) is 1. The van der Waals surface area contributed by atoms with Crippen molar-refractivity contribution in [3.05, 3.63) is 71.4 Å². The van der Waals surface area contributed by atoms with Crippen molar-refractivity contribution in [3.8, 4) is 0 Å². The van der Waals surface area contributed by atoms with Gasteiger partial charge in [-0.05, 0) is 48.9 Å². The third-order valence-corrected chi connectivity index (χ3v) is 8.71. The third kappa shape index (κ3) is 8.18. The molecule has 238 valence electrons. The average molecular weight is 634 g/mol. The van der Waals surface area contributed by atoms with E-state index in [2.05, 4.69) is 20.9 Å². The molecule has 0 saturated carbocycles. The first-order chi connectivity index (χ1) is 21.5. The summed E-state index contributed by atoms with van der Waals surface area (Å²) in [7, 11) is 1.50. The number of nitrogens with one attached hydrogen (secondary N) is 4. The van der Waals surface area contributed by atoms with Crippen molar-refractivity contribution in [2.75, 3.05) is 13.6 Å². The number of rotatable bonds is 14. The van der Waals surface area contributed by atoms with Crippen LogP contribution >= 0.6 is 11.8 Å². The van der Waals surface area contributed by atoms with Crippen LogP contribution in [0.5, 0.6) is 0 Å². The maximum atomic E-state index is 13.6. The molecule has 45 heavy (non-hydrogen) atoms. The van der Waals surface area contributed by atoms with Gasteiger partial charge in [-0.15, -0.1) is 0 Å². The molecule has 1 aliphatic rings. The summed E-state index contributed by atoms with van der Waals surface area (Å²) in [6.45, 7) is 5.27. The minimum atomic E-state index is -0.959. The number of hydrogen-bond acceptors (Lipinski definition) is 7. The summed E-state index contributed by atoms with van der Waals surface area (Å²) < 4.78 is 0. The minimum absolute atomic E-state index is 0.0286. The Hall–Kier alpha value is -4.45. The number of carbonyl (C=O) groups is 6. The topological polar surface area (TPSA) is 158 Å². The second kappa shape index (κ2) is 15.0. The van der Waals surface area contributed by atoms with Gasteiger partial charge in [-0.1, -0.05) is 55.9 Å². The molecule has 0 aliphatic carbocycles. The Morgan fingerprint density at radius 2 is 1.49 bits per heavy atom. The number of H-pyrrole nitrogens is 1. The highest BCUT2D eigenvalue weighted by Gasteiger charge is 2.35. The third-order valence-electron chi connectivity index (χ3n) is 7.65. The zero-order valence-electron chi connectivity index (χ0n) is 25.8. The summed E-state index contributed by atoms with van der Waals surface area (Å²) in [6, 6.07) is 12.4. The molecule has 3 aromatic rings. The predicted octanol–water partition coefficient (Wildman–Crippen LogP) is 3.20. The van der Waals surface area contributed by atoms with Gasteiger partial charge in [-0.3, -0.25) is 33.7 Å². The van der Waals surface area contributed by atoms with E-state index in [1.54, 1.807) is 24.3 Å². The lowest BCUT2D eigenvalue weighted by molar-refractivity contribution is -0.132. The van der Waals surface area contributed by atoms with Crippen LogP contribution < -0.4 is 16.0 Å². The summed E-state index contributed by atoms with van der Waals surface area (Å²) >= 11 is 0.839. The first kappa shape index (κ1) is 33.4. The summed E-state index contributed by atoms with van der Waals surface area (Å²) in [5.74, 6) is -2.14. The summed E-state index contributed by atoms with van der Waals surface area (Å²) in [5.41, 5.74) is 2.46. The molecule has 0 fully saturated rings. The molecule has 12 heteroatoms. The SMILES string of the molecule is CNC(=O)[C@H](Cc1c[nH]c2ccccc12)NC(=O)[C@H](CC(C)C)NC(=O)[C@H](CCCN1C(=O)c2ccccc2C1=O)SC(C)=O. The van der Waals surface area contributed by atoms with E-state index in [4.69, 9.17) is 0 Å². The van der Waals surface area contributed by atoms with E-state index in [0.29, 0.717) is 17.5 Å². The molecule has 0 unspecified atom stereocenters. The first-order valence-corrected chi connectivity index (χ1v) is 15.9. The molecule has 3 atom stereocenters. The molecule has 5 amide bonds. The predicted molar refractivity (Wildman–Crippen MR) is 172 cm³/mol. The van der Waals surface area contributed by atoms with Crippen LogP contribution in [0.1, 0.15) is 66.3 Å². The van der Waals surface area contributed by atoms with Crippen LogP contribution in [0.15, 0.2) is 54.7 Å². The fraction of sp³-hybridized carbons (Fsp3) is 0.394. The van der Waals surface area contributed by atoms with Crippen molar-refractivity contribution in [1.29, 1.82) is 0 Å². The van der Waals surface area contributed by atoms with E-state index < -0.39 is 29.1 Å². The van der Waals surface area contributed by atoms with Gasteiger partial charge >= 0.3 is 0 Å². The van der Waals surface area contributed by atoms with Crippen LogP contribution in [-0.4, -0.2) is 75.5 Å². The van der Waals surface area contributed by atoms with Gasteiger partial charge in [-0.25, -0.2) is 0 Å². The lowest BCUT2D eigenvalue weighted by atomic mass is 10.0. The van der Waals surface area contributed by atoms with Crippen molar-refractivity contribution in [1.82, 2.24) is 25.8 Å². The summed E-state index contributed by atoms with van der Waals surface area (Å²) in [6.07, 6.45) is 2.83. The number of carbonyl (C=O) groups excluding carboxylic acids is 6. The number of imide groups is 1. The Kier molecular flexibility index (Phi) is 11.2. The van der Waals surface area contributed by atoms with Gasteiger partial charge < -0.3 is 20.9 Å². The number of aromatic amines is 1. The zero-order chi connectivity index (χ0) is 32.7. The fourth-order valence-electron chi connectivity index (χ4n) is 5.46. The van der Waals surface area contributed by atoms with Crippen LogP contribution in [-0.2, 0) is 25.6 Å². The molecular weight excluding hydrogens is 594 g/mol. The molecule has 4 N–H and O–H groups in total. The lowest BCUT2D eigenvalue weighted by Gasteiger charge is -2.25. The molecule has 0 saturated heterocycles. The van der Waals surface area contributed by atoms with Gasteiger partial charge in [-0.2, -0.15) is 0 Å². The van der Waals surface area contributed by atoms with E-state index >= 15 is 0 Å². The Morgan fingerprint density at radius 1 is 0.867 bits per heavy atom. The molecule has 2 heterocycles. The standard InChI is InChI=1S/C33H39N5O6S/c1-19(2)16-26(30(41)36-27(29(40)34-4)17-21-18-35-25-13-8-7-10-22(21)25)37-31(42)28(45-20(3)39)14-9-15-38-32(43)23-11-5-6-12-24(23)33(38)44/h5-8,10-13,18-19,26-28,35H,9,14-17H2,1-4H3,(H,34,40)(H,36,41)(H,37,42)/t26-,27-,28-/m0/s1. The molecule has 0 bridgehead atoms. The molecule has 0 spiro atoms. The largest absolute Gasteiger partial charge is 0.361 e. The van der Waals surface area contributed by atoms with Crippen molar-refractivity contribution < 1.29 is 28.8 Å². The van der Waals surface area contributed by atoms with Gasteiger partial charge in [0.1, 0.15) is 12.1 Å². The van der Waals surface area contributed by atoms with Crippen molar-refractivity contribution in [2.45, 2.75) is 63.8 Å². The number of thioether (sulfide) groups is 1. The van der Waals surface area contributed by atoms with Crippen molar-refractivity contribution in [3.63, 3.8) is 0 Å². The maximum absolute atomic E-state index is 13.6. The van der Waals surface area contributed by atoms with Crippen LogP contribution in [0.25, 0.3) is 10.9 Å². The Morgan fingerprint density at radius 3 is 2.11 bits per heavy atom. The van der Waals surface area contributed by atoms with E-state index in [0.717, 1.165) is 33.1 Å². The molecule has 11 nitrogen and oxygen atoms in total. The first-order valence-electron chi connectivity index (χ1n) is 15.0. The van der Waals surface area contributed by atoms with Crippen molar-refractivity contribution in [2.24, 2.45) is 5.92 Å². The Balaban J connectivity index is 1.43. The molecule has 0 radical (unpaired) electrons. The summed E-state index contributed by atoms with van der Waals surface area (Å²) in [4.78, 5) is 81.8. The van der Waals surface area contributed by atoms with E-state index in [1.165, 1.54) is 14.0 Å². The monoisotopic (exact) mass is 633 g/mol. The van der Waals surface area contributed by atoms with Crippen LogP contribution in [0.3, 0.4) is 0 Å². The number of amides is 5. The fourth-order valence-corrected chi connectivity index (χ4v) is 6.32.